The molecule has 3 nitrogen and oxygen atoms in total. The maximum Gasteiger partial charge on any atom is 0.317 e. The number of aliphatic carboxylic acids is 1. The second kappa shape index (κ2) is 5.81. The Hall–Kier alpha value is -0.830. The number of allylic oxidation sites excluding steroid dienone is 2. The van der Waals surface area contributed by atoms with Gasteiger partial charge in [-0.05, 0) is 39.2 Å². The van der Waals surface area contributed by atoms with Crippen molar-refractivity contribution in [2.75, 3.05) is 13.6 Å². The van der Waals surface area contributed by atoms with Gasteiger partial charge in [0.15, 0.2) is 0 Å². The van der Waals surface area contributed by atoms with E-state index in [1.807, 2.05) is 11.9 Å². The number of carboxylic acid groups (broad SMARTS) is 1. The van der Waals surface area contributed by atoms with Gasteiger partial charge in [0, 0.05) is 6.04 Å². The predicted molar refractivity (Wildman–Crippen MR) is 56.3 cm³/mol. The first kappa shape index (κ1) is 11.2. The third kappa shape index (κ3) is 3.92. The maximum atomic E-state index is 10.6. The van der Waals surface area contributed by atoms with E-state index in [0.717, 1.165) is 25.7 Å². The molecular weight excluding hydrogens is 178 g/mol. The van der Waals surface area contributed by atoms with Crippen molar-refractivity contribution in [3.63, 3.8) is 0 Å². The van der Waals surface area contributed by atoms with E-state index in [1.165, 1.54) is 6.42 Å². The lowest BCUT2D eigenvalue weighted by molar-refractivity contribution is -0.138. The van der Waals surface area contributed by atoms with Crippen LogP contribution in [0.15, 0.2) is 12.2 Å². The Morgan fingerprint density at radius 1 is 1.43 bits per heavy atom. The average Bonchev–Trinajstić information content (AvgIpc) is 2.00. The smallest absolute Gasteiger partial charge is 0.317 e. The lowest BCUT2D eigenvalue weighted by Crippen LogP contribution is -2.36. The van der Waals surface area contributed by atoms with Crippen molar-refractivity contribution in [3.05, 3.63) is 12.2 Å². The van der Waals surface area contributed by atoms with Gasteiger partial charge in [-0.3, -0.25) is 9.69 Å². The molecule has 0 fully saturated rings. The van der Waals surface area contributed by atoms with Crippen LogP contribution in [0.4, 0.5) is 0 Å². The fraction of sp³-hybridized carbons (Fsp3) is 0.727. The van der Waals surface area contributed by atoms with Gasteiger partial charge in [-0.25, -0.2) is 0 Å². The normalized spacial score (nSPS) is 25.4. The molecule has 0 aromatic heterocycles. The number of hydrogen-bond donors (Lipinski definition) is 1. The van der Waals surface area contributed by atoms with Crippen molar-refractivity contribution in [2.24, 2.45) is 0 Å². The van der Waals surface area contributed by atoms with E-state index >= 15 is 0 Å². The monoisotopic (exact) mass is 197 g/mol. The second-order valence-electron chi connectivity index (χ2n) is 3.94. The van der Waals surface area contributed by atoms with E-state index in [1.54, 1.807) is 0 Å². The molecule has 0 spiro atoms. The predicted octanol–water partition coefficient (Wildman–Crippen LogP) is 1.89. The van der Waals surface area contributed by atoms with Crippen LogP contribution in [-0.2, 0) is 4.79 Å². The van der Waals surface area contributed by atoms with Gasteiger partial charge in [-0.1, -0.05) is 12.2 Å². The third-order valence-electron chi connectivity index (χ3n) is 2.75. The number of carboxylic acids is 1. The summed E-state index contributed by atoms with van der Waals surface area (Å²) >= 11 is 0. The first-order chi connectivity index (χ1) is 6.70. The summed E-state index contributed by atoms with van der Waals surface area (Å²) in [6, 6.07) is 0.441. The molecule has 0 aromatic rings. The Bertz CT molecular complexity index is 213. The van der Waals surface area contributed by atoms with Gasteiger partial charge >= 0.3 is 5.97 Å². The molecule has 0 amide bonds. The van der Waals surface area contributed by atoms with Crippen molar-refractivity contribution in [2.45, 2.75) is 38.1 Å². The molecule has 0 unspecified atom stereocenters. The van der Waals surface area contributed by atoms with Gasteiger partial charge in [0.05, 0.1) is 6.54 Å². The zero-order valence-electron chi connectivity index (χ0n) is 8.78. The van der Waals surface area contributed by atoms with Crippen LogP contribution in [0, 0.1) is 0 Å². The summed E-state index contributed by atoms with van der Waals surface area (Å²) < 4.78 is 0. The molecule has 0 saturated heterocycles. The molecule has 0 bridgehead atoms. The molecule has 14 heavy (non-hydrogen) atoms. The standard InChI is InChI=1S/C11H19NO2/c1-12(9-11(13)14)10-7-5-3-2-4-6-8-10/h2-3,10H,4-9H2,1H3,(H,13,14)/b3-2-/t10-/m1/s1. The number of carbonyl (C=O) groups is 1. The van der Waals surface area contributed by atoms with Crippen LogP contribution in [-0.4, -0.2) is 35.6 Å². The number of rotatable bonds is 3. The minimum Gasteiger partial charge on any atom is -0.480 e. The highest BCUT2D eigenvalue weighted by molar-refractivity contribution is 5.69. The SMILES string of the molecule is CN(CC(=O)O)[C@@H]1CC/C=C\CCC1. The summed E-state index contributed by atoms with van der Waals surface area (Å²) in [6.07, 6.45) is 10.0. The second-order valence-corrected chi connectivity index (χ2v) is 3.94. The van der Waals surface area contributed by atoms with E-state index in [0.29, 0.717) is 6.04 Å². The van der Waals surface area contributed by atoms with E-state index in [-0.39, 0.29) is 6.54 Å². The van der Waals surface area contributed by atoms with Gasteiger partial charge in [0.2, 0.25) is 0 Å². The van der Waals surface area contributed by atoms with Gasteiger partial charge in [-0.15, -0.1) is 0 Å². The highest BCUT2D eigenvalue weighted by Gasteiger charge is 2.16. The third-order valence-corrected chi connectivity index (χ3v) is 2.75. The Morgan fingerprint density at radius 3 is 2.86 bits per heavy atom. The minimum atomic E-state index is -0.731. The molecule has 0 aliphatic heterocycles. The van der Waals surface area contributed by atoms with Gasteiger partial charge in [-0.2, -0.15) is 0 Å². The zero-order chi connectivity index (χ0) is 10.4. The highest BCUT2D eigenvalue weighted by Crippen LogP contribution is 2.16. The molecule has 1 aliphatic rings. The molecule has 1 aliphatic carbocycles. The van der Waals surface area contributed by atoms with Crippen LogP contribution in [0.25, 0.3) is 0 Å². The van der Waals surface area contributed by atoms with Crippen LogP contribution in [0.5, 0.6) is 0 Å². The molecular formula is C11H19NO2. The van der Waals surface area contributed by atoms with Crippen molar-refractivity contribution < 1.29 is 9.90 Å². The maximum absolute atomic E-state index is 10.6. The first-order valence-electron chi connectivity index (χ1n) is 5.27. The fourth-order valence-electron chi connectivity index (χ4n) is 1.92. The highest BCUT2D eigenvalue weighted by atomic mass is 16.4. The van der Waals surface area contributed by atoms with E-state index < -0.39 is 5.97 Å². The molecule has 0 saturated carbocycles. The lowest BCUT2D eigenvalue weighted by Gasteiger charge is -2.27. The molecule has 0 radical (unpaired) electrons. The largest absolute Gasteiger partial charge is 0.480 e. The molecule has 0 aromatic carbocycles. The Labute approximate surface area is 85.4 Å². The molecule has 1 rings (SSSR count). The topological polar surface area (TPSA) is 40.5 Å². The molecule has 0 heterocycles. The molecule has 1 atom stereocenters. The van der Waals surface area contributed by atoms with Crippen LogP contribution < -0.4 is 0 Å². The lowest BCUT2D eigenvalue weighted by atomic mass is 10.00. The van der Waals surface area contributed by atoms with Gasteiger partial charge < -0.3 is 5.11 Å². The molecule has 80 valence electrons. The average molecular weight is 197 g/mol. The summed E-state index contributed by atoms with van der Waals surface area (Å²) in [4.78, 5) is 12.5. The van der Waals surface area contributed by atoms with E-state index in [4.69, 9.17) is 5.11 Å². The Balaban J connectivity index is 2.40. The molecule has 1 N–H and O–H groups in total. The zero-order valence-corrected chi connectivity index (χ0v) is 8.78. The fourth-order valence-corrected chi connectivity index (χ4v) is 1.92. The van der Waals surface area contributed by atoms with Crippen molar-refractivity contribution in [3.8, 4) is 0 Å². The van der Waals surface area contributed by atoms with Crippen molar-refractivity contribution in [1.82, 2.24) is 4.90 Å². The van der Waals surface area contributed by atoms with Gasteiger partial charge in [0.25, 0.3) is 0 Å². The summed E-state index contributed by atoms with van der Waals surface area (Å²) in [7, 11) is 1.91. The van der Waals surface area contributed by atoms with Crippen molar-refractivity contribution in [1.29, 1.82) is 0 Å². The summed E-state index contributed by atoms with van der Waals surface area (Å²) in [5.74, 6) is -0.731. The van der Waals surface area contributed by atoms with E-state index in [2.05, 4.69) is 12.2 Å². The quantitative estimate of drug-likeness (QED) is 0.702. The summed E-state index contributed by atoms with van der Waals surface area (Å²) in [6.45, 7) is 0.161. The van der Waals surface area contributed by atoms with Crippen molar-refractivity contribution >= 4 is 5.97 Å². The van der Waals surface area contributed by atoms with Gasteiger partial charge in [0.1, 0.15) is 0 Å². The van der Waals surface area contributed by atoms with Crippen LogP contribution in [0.3, 0.4) is 0 Å². The van der Waals surface area contributed by atoms with Crippen LogP contribution >= 0.6 is 0 Å². The summed E-state index contributed by atoms with van der Waals surface area (Å²) in [5, 5.41) is 8.68. The number of nitrogens with zero attached hydrogens (tertiary/aromatic N) is 1. The summed E-state index contributed by atoms with van der Waals surface area (Å²) in [5.41, 5.74) is 0. The number of likely N-dealkylation sites (N-methyl/N-ethyl adjacent to an activating group) is 1. The molecule has 3 heteroatoms. The minimum absolute atomic E-state index is 0.161. The van der Waals surface area contributed by atoms with E-state index in [9.17, 15) is 4.79 Å². The van der Waals surface area contributed by atoms with Crippen LogP contribution in [0.2, 0.25) is 0 Å². The Morgan fingerprint density at radius 2 is 2.14 bits per heavy atom. The van der Waals surface area contributed by atoms with Crippen LogP contribution in [0.1, 0.15) is 32.1 Å². The first-order valence-corrected chi connectivity index (χ1v) is 5.27. The Kier molecular flexibility index (Phi) is 4.66. The number of hydrogen-bond acceptors (Lipinski definition) is 2.